The van der Waals surface area contributed by atoms with Crippen LogP contribution in [0.15, 0.2) is 21.8 Å². The minimum absolute atomic E-state index is 0.229. The number of hydrogen-bond donors (Lipinski definition) is 0. The van der Waals surface area contributed by atoms with E-state index in [1.165, 1.54) is 14.2 Å². The number of unbranched alkanes of at least 4 members (excludes halogenated alkanes) is 3. The van der Waals surface area contributed by atoms with Crippen LogP contribution in [0.25, 0.3) is 0 Å². The van der Waals surface area contributed by atoms with Crippen molar-refractivity contribution in [2.45, 2.75) is 79.5 Å². The van der Waals surface area contributed by atoms with Crippen molar-refractivity contribution >= 4 is 30.3 Å². The van der Waals surface area contributed by atoms with Gasteiger partial charge in [0, 0.05) is 0 Å². The summed E-state index contributed by atoms with van der Waals surface area (Å²) < 4.78 is 14.3. The first-order valence-electron chi connectivity index (χ1n) is 10.4. The van der Waals surface area contributed by atoms with E-state index in [2.05, 4.69) is 27.4 Å². The van der Waals surface area contributed by atoms with Gasteiger partial charge in [-0.1, -0.05) is 0 Å². The van der Waals surface area contributed by atoms with E-state index in [1.54, 1.807) is 6.08 Å². The van der Waals surface area contributed by atoms with Crippen LogP contribution in [0.1, 0.15) is 66.2 Å². The second kappa shape index (κ2) is 14.2. The van der Waals surface area contributed by atoms with Gasteiger partial charge in [0.15, 0.2) is 0 Å². The monoisotopic (exact) mass is 488 g/mol. The third-order valence-electron chi connectivity index (χ3n) is 5.43. The van der Waals surface area contributed by atoms with E-state index >= 15 is 0 Å². The third-order valence-corrected chi connectivity index (χ3v) is 21.0. The van der Waals surface area contributed by atoms with Crippen LogP contribution in [-0.4, -0.2) is 44.5 Å². The molecule has 4 nitrogen and oxygen atoms in total. The Labute approximate surface area is 170 Å². The summed E-state index contributed by atoms with van der Waals surface area (Å²) in [6.07, 6.45) is 8.30. The zero-order chi connectivity index (χ0) is 20.9. The molecule has 0 aromatic rings. The number of hydrogen-bond acceptors (Lipinski definition) is 4. The van der Waals surface area contributed by atoms with Gasteiger partial charge in [-0.3, -0.25) is 0 Å². The van der Waals surface area contributed by atoms with Crippen LogP contribution in [0.2, 0.25) is 13.3 Å². The molecule has 0 aromatic carbocycles. The molecular formula is C22H40O4Sn. The zero-order valence-corrected chi connectivity index (χ0v) is 21.2. The molecule has 0 bridgehead atoms. The van der Waals surface area contributed by atoms with Gasteiger partial charge in [0.25, 0.3) is 0 Å². The molecule has 0 fully saturated rings. The van der Waals surface area contributed by atoms with Gasteiger partial charge in [0.1, 0.15) is 0 Å². The van der Waals surface area contributed by atoms with Crippen molar-refractivity contribution in [1.29, 1.82) is 0 Å². The Kier molecular flexibility index (Phi) is 13.8. The van der Waals surface area contributed by atoms with Crippen molar-refractivity contribution in [2.24, 2.45) is 5.92 Å². The molecule has 1 atom stereocenters. The van der Waals surface area contributed by atoms with E-state index in [9.17, 15) is 9.59 Å². The summed E-state index contributed by atoms with van der Waals surface area (Å²) in [5, 5.41) is 0. The fourth-order valence-electron chi connectivity index (χ4n) is 3.75. The van der Waals surface area contributed by atoms with Crippen LogP contribution in [0.5, 0.6) is 0 Å². The van der Waals surface area contributed by atoms with Crippen LogP contribution >= 0.6 is 0 Å². The number of esters is 2. The molecule has 27 heavy (non-hydrogen) atoms. The molecule has 0 aliphatic rings. The Morgan fingerprint density at radius 1 is 0.889 bits per heavy atom. The molecule has 156 valence electrons. The number of rotatable bonds is 14. The number of carbonyl (C=O) groups excluding carboxylic acids is 2. The molecule has 0 saturated heterocycles. The van der Waals surface area contributed by atoms with Crippen molar-refractivity contribution in [1.82, 2.24) is 0 Å². The predicted molar refractivity (Wildman–Crippen MR) is 115 cm³/mol. The van der Waals surface area contributed by atoms with E-state index in [4.69, 9.17) is 9.47 Å². The van der Waals surface area contributed by atoms with Gasteiger partial charge in [0.2, 0.25) is 0 Å². The van der Waals surface area contributed by atoms with Crippen LogP contribution < -0.4 is 0 Å². The summed E-state index contributed by atoms with van der Waals surface area (Å²) in [7, 11) is 2.81. The molecular weight excluding hydrogens is 447 g/mol. The van der Waals surface area contributed by atoms with Gasteiger partial charge in [-0.05, 0) is 0 Å². The molecule has 0 amide bonds. The van der Waals surface area contributed by atoms with Gasteiger partial charge in [-0.2, -0.15) is 0 Å². The first kappa shape index (κ1) is 26.2. The van der Waals surface area contributed by atoms with Crippen LogP contribution in [-0.2, 0) is 19.1 Å². The van der Waals surface area contributed by atoms with Gasteiger partial charge < -0.3 is 0 Å². The van der Waals surface area contributed by atoms with Crippen molar-refractivity contribution in [3.8, 4) is 0 Å². The van der Waals surface area contributed by atoms with Crippen molar-refractivity contribution in [2.75, 3.05) is 14.2 Å². The average molecular weight is 487 g/mol. The maximum atomic E-state index is 13.1. The zero-order valence-electron chi connectivity index (χ0n) is 18.4. The molecule has 0 spiro atoms. The molecule has 5 heteroatoms. The average Bonchev–Trinajstić information content (AvgIpc) is 2.70. The van der Waals surface area contributed by atoms with Gasteiger partial charge in [0.05, 0.1) is 0 Å². The van der Waals surface area contributed by atoms with Crippen molar-refractivity contribution < 1.29 is 19.1 Å². The molecule has 0 heterocycles. The molecule has 1 unspecified atom stereocenters. The number of carbonyl (C=O) groups is 2. The summed E-state index contributed by atoms with van der Waals surface area (Å²) >= 11 is -3.19. The van der Waals surface area contributed by atoms with E-state index in [0.717, 1.165) is 55.4 Å². The topological polar surface area (TPSA) is 52.6 Å². The standard InChI is InChI=1S/C10H13O4.3C4H9.Sn/c1-5-7(2)8(10(12)14-4)6-9(11)13-3;3*1-3-4-2;/h5,7H,1H2,2-4H3;3*1,3-4H2,2H3;. The normalized spacial score (nSPS) is 13.6. The number of ether oxygens (including phenoxy) is 2. The van der Waals surface area contributed by atoms with Gasteiger partial charge in [-0.25, -0.2) is 0 Å². The Balaban J connectivity index is 6.78. The van der Waals surface area contributed by atoms with E-state index in [0.29, 0.717) is 5.57 Å². The fraction of sp³-hybridized carbons (Fsp3) is 0.727. The van der Waals surface area contributed by atoms with Crippen LogP contribution in [0, 0.1) is 5.92 Å². The Hall–Kier alpha value is -0.781. The molecule has 0 saturated carbocycles. The Morgan fingerprint density at radius 2 is 1.30 bits per heavy atom. The number of allylic oxidation sites excluding steroid dienone is 1. The van der Waals surface area contributed by atoms with Crippen molar-refractivity contribution in [3.63, 3.8) is 0 Å². The van der Waals surface area contributed by atoms with Gasteiger partial charge in [-0.15, -0.1) is 0 Å². The molecule has 0 aromatic heterocycles. The van der Waals surface area contributed by atoms with Crippen LogP contribution in [0.4, 0.5) is 0 Å². The quantitative estimate of drug-likeness (QED) is 0.134. The second-order valence-electron chi connectivity index (χ2n) is 7.39. The summed E-state index contributed by atoms with van der Waals surface area (Å²) in [5.41, 5.74) is 0.499. The Bertz CT molecular complexity index is 489. The predicted octanol–water partition coefficient (Wildman–Crippen LogP) is 5.84. The Morgan fingerprint density at radius 3 is 1.59 bits per heavy atom. The first-order valence-corrected chi connectivity index (χ1v) is 17.9. The third kappa shape index (κ3) is 7.63. The van der Waals surface area contributed by atoms with Crippen molar-refractivity contribution in [3.05, 3.63) is 21.8 Å². The minimum atomic E-state index is -3.19. The maximum absolute atomic E-state index is 13.1. The fourth-order valence-corrected chi connectivity index (χ4v) is 21.0. The molecule has 0 rings (SSSR count). The first-order chi connectivity index (χ1) is 12.9. The SMILES string of the molecule is C=CC(C)/C(C(=O)OC)=[C](/C(=O)OC)[Sn]([CH2]CCC)([CH2]CCC)[CH2]CCC. The van der Waals surface area contributed by atoms with E-state index in [-0.39, 0.29) is 11.9 Å². The van der Waals surface area contributed by atoms with Gasteiger partial charge >= 0.3 is 171 Å². The number of methoxy groups -OCH3 is 2. The van der Waals surface area contributed by atoms with E-state index in [1.807, 2.05) is 6.92 Å². The summed E-state index contributed by atoms with van der Waals surface area (Å²) in [6.45, 7) is 12.3. The van der Waals surface area contributed by atoms with E-state index < -0.39 is 24.3 Å². The van der Waals surface area contributed by atoms with Crippen LogP contribution in [0.3, 0.4) is 0 Å². The molecule has 0 aliphatic heterocycles. The summed E-state index contributed by atoms with van der Waals surface area (Å²) in [6, 6.07) is 0. The summed E-state index contributed by atoms with van der Waals surface area (Å²) in [4.78, 5) is 25.8. The molecule has 0 aliphatic carbocycles. The summed E-state index contributed by atoms with van der Waals surface area (Å²) in [5.74, 6) is -0.955. The second-order valence-corrected chi connectivity index (χ2v) is 20.4. The molecule has 0 N–H and O–H groups in total. The molecule has 0 radical (unpaired) electrons.